The summed E-state index contributed by atoms with van der Waals surface area (Å²) < 4.78 is 5.33. The fraction of sp³-hybridized carbons (Fsp3) is 0.417. The molecule has 1 rings (SSSR count). The predicted octanol–water partition coefficient (Wildman–Crippen LogP) is 4.77. The predicted molar refractivity (Wildman–Crippen MR) is 76.2 cm³/mol. The van der Waals surface area contributed by atoms with Crippen LogP contribution in [0.25, 0.3) is 0 Å². The van der Waals surface area contributed by atoms with Crippen molar-refractivity contribution in [2.75, 3.05) is 6.61 Å². The molecule has 0 fully saturated rings. The van der Waals surface area contributed by atoms with Crippen LogP contribution in [0.2, 0.25) is 10.0 Å². The highest BCUT2D eigenvalue weighted by molar-refractivity contribution is 6.46. The molecule has 6 heteroatoms. The van der Waals surface area contributed by atoms with Crippen molar-refractivity contribution in [3.05, 3.63) is 28.2 Å². The summed E-state index contributed by atoms with van der Waals surface area (Å²) in [5.74, 6) is 0.189. The summed E-state index contributed by atoms with van der Waals surface area (Å²) in [5.41, 5.74) is -0.873. The van der Waals surface area contributed by atoms with Crippen molar-refractivity contribution in [2.45, 2.75) is 18.7 Å². The second-order valence-corrected chi connectivity index (χ2v) is 6.25. The third-order valence-corrected chi connectivity index (χ3v) is 4.14. The Balaban J connectivity index is 2.69. The number of hydrogen-bond acceptors (Lipinski definition) is 2. The summed E-state index contributed by atoms with van der Waals surface area (Å²) in [6, 6.07) is 4.77. The Labute approximate surface area is 126 Å². The lowest BCUT2D eigenvalue weighted by Gasteiger charge is -2.24. The van der Waals surface area contributed by atoms with Gasteiger partial charge in [-0.25, -0.2) is 0 Å². The Morgan fingerprint density at radius 3 is 2.44 bits per heavy atom. The van der Waals surface area contributed by atoms with Gasteiger partial charge in [0.05, 0.1) is 10.4 Å². The SMILES string of the molecule is CC(C)(C(=O)COc1ccc(Cl)cc1Cl)C(Cl)Cl. The van der Waals surface area contributed by atoms with Gasteiger partial charge in [0, 0.05) is 5.02 Å². The maximum absolute atomic E-state index is 11.9. The van der Waals surface area contributed by atoms with Crippen LogP contribution in [0.3, 0.4) is 0 Å². The van der Waals surface area contributed by atoms with Crippen LogP contribution in [0.1, 0.15) is 13.8 Å². The molecule has 0 aliphatic carbocycles. The van der Waals surface area contributed by atoms with Crippen molar-refractivity contribution >= 4 is 52.2 Å². The molecular formula is C12H12Cl4O2. The van der Waals surface area contributed by atoms with E-state index in [1.165, 1.54) is 0 Å². The van der Waals surface area contributed by atoms with Gasteiger partial charge in [-0.05, 0) is 18.2 Å². The maximum atomic E-state index is 11.9. The molecule has 2 nitrogen and oxygen atoms in total. The normalized spacial score (nSPS) is 11.7. The van der Waals surface area contributed by atoms with Gasteiger partial charge in [0.15, 0.2) is 5.78 Å². The van der Waals surface area contributed by atoms with Crippen molar-refractivity contribution in [1.82, 2.24) is 0 Å². The third-order valence-electron chi connectivity index (χ3n) is 2.52. The summed E-state index contributed by atoms with van der Waals surface area (Å²) in [6.07, 6.45) is 0. The zero-order valence-corrected chi connectivity index (χ0v) is 12.9. The molecule has 0 unspecified atom stereocenters. The maximum Gasteiger partial charge on any atom is 0.178 e. The molecule has 0 N–H and O–H groups in total. The molecule has 0 radical (unpaired) electrons. The smallest absolute Gasteiger partial charge is 0.178 e. The molecule has 0 saturated carbocycles. The lowest BCUT2D eigenvalue weighted by Crippen LogP contribution is -2.34. The van der Waals surface area contributed by atoms with E-state index in [-0.39, 0.29) is 12.4 Å². The van der Waals surface area contributed by atoms with Gasteiger partial charge in [-0.1, -0.05) is 37.0 Å². The number of alkyl halides is 2. The first kappa shape index (κ1) is 15.9. The molecule has 0 aliphatic heterocycles. The summed E-state index contributed by atoms with van der Waals surface area (Å²) in [4.78, 5) is 11.1. The molecule has 0 spiro atoms. The van der Waals surface area contributed by atoms with E-state index in [1.807, 2.05) is 0 Å². The number of Topliss-reactive ketones (excluding diaryl/α,β-unsaturated/α-hetero) is 1. The molecule has 1 aromatic rings. The average Bonchev–Trinajstić information content (AvgIpc) is 2.27. The fourth-order valence-electron chi connectivity index (χ4n) is 1.04. The summed E-state index contributed by atoms with van der Waals surface area (Å²) in [5, 5.41) is 0.849. The molecule has 0 amide bonds. The fourth-order valence-corrected chi connectivity index (χ4v) is 1.75. The van der Waals surface area contributed by atoms with Gasteiger partial charge >= 0.3 is 0 Å². The molecule has 0 saturated heterocycles. The second kappa shape index (κ2) is 6.33. The van der Waals surface area contributed by atoms with Gasteiger partial charge in [0.25, 0.3) is 0 Å². The molecule has 1 aromatic carbocycles. The summed E-state index contributed by atoms with van der Waals surface area (Å²) >= 11 is 23.2. The minimum atomic E-state index is -0.873. The van der Waals surface area contributed by atoms with Crippen molar-refractivity contribution in [2.24, 2.45) is 5.41 Å². The van der Waals surface area contributed by atoms with Crippen LogP contribution in [0.5, 0.6) is 5.75 Å². The van der Waals surface area contributed by atoms with Crippen LogP contribution in [0.15, 0.2) is 18.2 Å². The Morgan fingerprint density at radius 1 is 1.33 bits per heavy atom. The van der Waals surface area contributed by atoms with Crippen LogP contribution in [-0.2, 0) is 4.79 Å². The largest absolute Gasteiger partial charge is 0.484 e. The number of halogens is 4. The zero-order valence-electron chi connectivity index (χ0n) is 9.84. The highest BCUT2D eigenvalue weighted by Gasteiger charge is 2.34. The van der Waals surface area contributed by atoms with Crippen molar-refractivity contribution in [3.63, 3.8) is 0 Å². The van der Waals surface area contributed by atoms with E-state index in [2.05, 4.69) is 0 Å². The van der Waals surface area contributed by atoms with E-state index in [0.29, 0.717) is 15.8 Å². The van der Waals surface area contributed by atoms with E-state index >= 15 is 0 Å². The highest BCUT2D eigenvalue weighted by atomic mass is 35.5. The number of benzene rings is 1. The number of carbonyl (C=O) groups excluding carboxylic acids is 1. The van der Waals surface area contributed by atoms with E-state index in [0.717, 1.165) is 0 Å². The quantitative estimate of drug-likeness (QED) is 0.727. The first-order valence-electron chi connectivity index (χ1n) is 5.14. The molecule has 100 valence electrons. The molecule has 0 bridgehead atoms. The van der Waals surface area contributed by atoms with Crippen LogP contribution in [0.4, 0.5) is 0 Å². The Bertz CT molecular complexity index is 444. The van der Waals surface area contributed by atoms with Gasteiger partial charge in [0.2, 0.25) is 0 Å². The molecule has 0 atom stereocenters. The standard InChI is InChI=1S/C12H12Cl4O2/c1-12(2,11(15)16)10(17)6-18-9-4-3-7(13)5-8(9)14/h3-5,11H,6H2,1-2H3. The van der Waals surface area contributed by atoms with E-state index in [4.69, 9.17) is 51.1 Å². The third kappa shape index (κ3) is 3.92. The van der Waals surface area contributed by atoms with E-state index in [9.17, 15) is 4.79 Å². The van der Waals surface area contributed by atoms with Crippen LogP contribution in [0, 0.1) is 5.41 Å². The van der Waals surface area contributed by atoms with Crippen LogP contribution in [-0.4, -0.2) is 17.2 Å². The van der Waals surface area contributed by atoms with Gasteiger partial charge in [-0.3, -0.25) is 4.79 Å². The molecule has 0 aliphatic rings. The summed E-state index contributed by atoms with van der Waals surface area (Å²) in [7, 11) is 0. The number of carbonyl (C=O) groups is 1. The number of rotatable bonds is 5. The highest BCUT2D eigenvalue weighted by Crippen LogP contribution is 2.31. The van der Waals surface area contributed by atoms with Crippen LogP contribution < -0.4 is 4.74 Å². The Morgan fingerprint density at radius 2 is 1.94 bits per heavy atom. The van der Waals surface area contributed by atoms with Crippen LogP contribution >= 0.6 is 46.4 Å². The zero-order chi connectivity index (χ0) is 13.9. The molecular weight excluding hydrogens is 318 g/mol. The van der Waals surface area contributed by atoms with Gasteiger partial charge in [-0.15, -0.1) is 23.2 Å². The first-order valence-corrected chi connectivity index (χ1v) is 6.77. The Kier molecular flexibility index (Phi) is 5.60. The Hall–Kier alpha value is -0.150. The second-order valence-electron chi connectivity index (χ2n) is 4.31. The number of ketones is 1. The van der Waals surface area contributed by atoms with Crippen molar-refractivity contribution in [1.29, 1.82) is 0 Å². The minimum Gasteiger partial charge on any atom is -0.484 e. The minimum absolute atomic E-state index is 0.149. The van der Waals surface area contributed by atoms with Crippen molar-refractivity contribution < 1.29 is 9.53 Å². The van der Waals surface area contributed by atoms with Crippen molar-refractivity contribution in [3.8, 4) is 5.75 Å². The number of hydrogen-bond donors (Lipinski definition) is 0. The average molecular weight is 330 g/mol. The monoisotopic (exact) mass is 328 g/mol. The van der Waals surface area contributed by atoms with E-state index in [1.54, 1.807) is 32.0 Å². The molecule has 18 heavy (non-hydrogen) atoms. The van der Waals surface area contributed by atoms with Gasteiger partial charge in [0.1, 0.15) is 17.2 Å². The van der Waals surface area contributed by atoms with Gasteiger partial charge < -0.3 is 4.74 Å². The lowest BCUT2D eigenvalue weighted by molar-refractivity contribution is -0.128. The first-order chi connectivity index (χ1) is 8.25. The van der Waals surface area contributed by atoms with Gasteiger partial charge in [-0.2, -0.15) is 0 Å². The lowest BCUT2D eigenvalue weighted by atomic mass is 9.91. The summed E-state index contributed by atoms with van der Waals surface area (Å²) in [6.45, 7) is 3.17. The topological polar surface area (TPSA) is 26.3 Å². The number of ether oxygens (including phenoxy) is 1. The van der Waals surface area contributed by atoms with E-state index < -0.39 is 10.3 Å². The molecule has 0 heterocycles. The molecule has 0 aromatic heterocycles.